The number of cyclic esters (lactones) is 1. The molecule has 1 aliphatic rings. The third-order valence-electron chi connectivity index (χ3n) is 4.24. The van der Waals surface area contributed by atoms with Gasteiger partial charge in [0, 0.05) is 26.2 Å². The monoisotopic (exact) mass is 467 g/mol. The van der Waals surface area contributed by atoms with Gasteiger partial charge in [0.1, 0.15) is 12.4 Å². The molecule has 4 rings (SSSR count). The standard InChI is InChI=1S/C23H15BrClNO3/c24-18-9-5-8-16(12-18)22-26-20(23(27)29-22)13-15-6-2-4-11-21(15)28-14-17-7-1-3-10-19(17)25/h1-13H,14H2/b20-13-. The molecule has 6 heteroatoms. The molecule has 0 atom stereocenters. The molecule has 3 aromatic carbocycles. The van der Waals surface area contributed by atoms with Crippen LogP contribution in [0.15, 0.2) is 88.0 Å². The molecule has 0 fully saturated rings. The predicted molar refractivity (Wildman–Crippen MR) is 117 cm³/mol. The maximum atomic E-state index is 12.3. The van der Waals surface area contributed by atoms with Crippen LogP contribution in [0.25, 0.3) is 6.08 Å². The molecule has 1 heterocycles. The molecule has 0 bridgehead atoms. The van der Waals surface area contributed by atoms with Gasteiger partial charge in [-0.1, -0.05) is 70.0 Å². The molecule has 0 saturated carbocycles. The van der Waals surface area contributed by atoms with E-state index in [2.05, 4.69) is 20.9 Å². The summed E-state index contributed by atoms with van der Waals surface area (Å²) in [4.78, 5) is 16.7. The van der Waals surface area contributed by atoms with Gasteiger partial charge in [-0.15, -0.1) is 0 Å². The van der Waals surface area contributed by atoms with Gasteiger partial charge >= 0.3 is 5.97 Å². The number of para-hydroxylation sites is 1. The third kappa shape index (κ3) is 4.58. The number of aliphatic imine (C=N–C) groups is 1. The summed E-state index contributed by atoms with van der Waals surface area (Å²) in [5, 5.41) is 0.644. The zero-order valence-corrected chi connectivity index (χ0v) is 17.5. The van der Waals surface area contributed by atoms with Gasteiger partial charge in [0.05, 0.1) is 0 Å². The van der Waals surface area contributed by atoms with Crippen molar-refractivity contribution in [3.8, 4) is 5.75 Å². The SMILES string of the molecule is O=C1OC(c2cccc(Br)c2)=N/C1=C\c1ccccc1OCc1ccccc1Cl. The van der Waals surface area contributed by atoms with Crippen LogP contribution in [0.4, 0.5) is 0 Å². The van der Waals surface area contributed by atoms with E-state index in [1.807, 2.05) is 72.8 Å². The van der Waals surface area contributed by atoms with E-state index in [0.717, 1.165) is 21.2 Å². The van der Waals surface area contributed by atoms with Gasteiger partial charge in [-0.2, -0.15) is 0 Å². The number of rotatable bonds is 5. The van der Waals surface area contributed by atoms with Crippen molar-refractivity contribution < 1.29 is 14.3 Å². The molecule has 0 spiro atoms. The van der Waals surface area contributed by atoms with E-state index in [1.54, 1.807) is 6.08 Å². The molecule has 4 nitrogen and oxygen atoms in total. The second kappa shape index (κ2) is 8.64. The zero-order chi connectivity index (χ0) is 20.2. The lowest BCUT2D eigenvalue weighted by Crippen LogP contribution is -2.05. The van der Waals surface area contributed by atoms with E-state index < -0.39 is 5.97 Å². The average molecular weight is 469 g/mol. The van der Waals surface area contributed by atoms with Crippen molar-refractivity contribution in [3.05, 3.63) is 105 Å². The summed E-state index contributed by atoms with van der Waals surface area (Å²) < 4.78 is 12.2. The number of carbonyl (C=O) groups is 1. The van der Waals surface area contributed by atoms with Crippen LogP contribution in [0.1, 0.15) is 16.7 Å². The molecule has 3 aromatic rings. The molecule has 0 amide bonds. The van der Waals surface area contributed by atoms with Gasteiger partial charge in [-0.3, -0.25) is 0 Å². The Bertz CT molecular complexity index is 1140. The fraction of sp³-hybridized carbons (Fsp3) is 0.0435. The Hall–Kier alpha value is -2.89. The van der Waals surface area contributed by atoms with Crippen molar-refractivity contribution in [2.45, 2.75) is 6.61 Å². The second-order valence-corrected chi connectivity index (χ2v) is 7.59. The topological polar surface area (TPSA) is 47.9 Å². The molecule has 0 aromatic heterocycles. The molecule has 29 heavy (non-hydrogen) atoms. The van der Waals surface area contributed by atoms with E-state index in [-0.39, 0.29) is 11.6 Å². The van der Waals surface area contributed by atoms with Gasteiger partial charge < -0.3 is 9.47 Å². The highest BCUT2D eigenvalue weighted by Crippen LogP contribution is 2.26. The highest BCUT2D eigenvalue weighted by Gasteiger charge is 2.24. The van der Waals surface area contributed by atoms with Crippen molar-refractivity contribution in [2.24, 2.45) is 4.99 Å². The summed E-state index contributed by atoms with van der Waals surface area (Å²) in [6.45, 7) is 0.316. The molecule has 0 unspecified atom stereocenters. The van der Waals surface area contributed by atoms with Crippen LogP contribution in [0, 0.1) is 0 Å². The van der Waals surface area contributed by atoms with Gasteiger partial charge in [0.25, 0.3) is 0 Å². The first-order valence-corrected chi connectivity index (χ1v) is 10.0. The Kier molecular flexibility index (Phi) is 5.79. The highest BCUT2D eigenvalue weighted by atomic mass is 79.9. The minimum absolute atomic E-state index is 0.216. The molecule has 0 saturated heterocycles. The Morgan fingerprint density at radius 1 is 1.03 bits per heavy atom. The van der Waals surface area contributed by atoms with Crippen molar-refractivity contribution in [1.29, 1.82) is 0 Å². The zero-order valence-electron chi connectivity index (χ0n) is 15.1. The van der Waals surface area contributed by atoms with Crippen LogP contribution in [0.2, 0.25) is 5.02 Å². The molecule has 144 valence electrons. The first-order valence-electron chi connectivity index (χ1n) is 8.84. The number of hydrogen-bond donors (Lipinski definition) is 0. The van der Waals surface area contributed by atoms with E-state index >= 15 is 0 Å². The Morgan fingerprint density at radius 3 is 2.66 bits per heavy atom. The van der Waals surface area contributed by atoms with E-state index in [1.165, 1.54) is 0 Å². The van der Waals surface area contributed by atoms with Crippen LogP contribution in [-0.4, -0.2) is 11.9 Å². The molecule has 1 aliphatic heterocycles. The smallest absolute Gasteiger partial charge is 0.363 e. The van der Waals surface area contributed by atoms with Crippen LogP contribution >= 0.6 is 27.5 Å². The number of benzene rings is 3. The Labute approximate surface area is 181 Å². The van der Waals surface area contributed by atoms with Gasteiger partial charge in [-0.05, 0) is 36.4 Å². The minimum atomic E-state index is -0.499. The number of halogens is 2. The molecular formula is C23H15BrClNO3. The maximum Gasteiger partial charge on any atom is 0.363 e. The van der Waals surface area contributed by atoms with Crippen LogP contribution in [-0.2, 0) is 16.1 Å². The summed E-state index contributed by atoms with van der Waals surface area (Å²) in [6.07, 6.45) is 1.66. The molecule has 0 aliphatic carbocycles. The first kappa shape index (κ1) is 19.4. The Balaban J connectivity index is 1.59. The average Bonchev–Trinajstić information content (AvgIpc) is 3.09. The maximum absolute atomic E-state index is 12.3. The normalized spacial score (nSPS) is 14.6. The summed E-state index contributed by atoms with van der Waals surface area (Å²) in [5.41, 5.74) is 2.55. The highest BCUT2D eigenvalue weighted by molar-refractivity contribution is 9.10. The lowest BCUT2D eigenvalue weighted by Gasteiger charge is -2.10. The number of nitrogens with zero attached hydrogens (tertiary/aromatic N) is 1. The molecule has 0 radical (unpaired) electrons. The van der Waals surface area contributed by atoms with Crippen LogP contribution in [0.3, 0.4) is 0 Å². The fourth-order valence-electron chi connectivity index (χ4n) is 2.80. The lowest BCUT2D eigenvalue weighted by atomic mass is 10.1. The summed E-state index contributed by atoms with van der Waals surface area (Å²) >= 11 is 9.61. The second-order valence-electron chi connectivity index (χ2n) is 6.26. The largest absolute Gasteiger partial charge is 0.488 e. The van der Waals surface area contributed by atoms with E-state index in [0.29, 0.717) is 17.4 Å². The van der Waals surface area contributed by atoms with Gasteiger partial charge in [0.15, 0.2) is 5.70 Å². The lowest BCUT2D eigenvalue weighted by molar-refractivity contribution is -0.129. The summed E-state index contributed by atoms with van der Waals surface area (Å²) in [5.74, 6) is 0.400. The minimum Gasteiger partial charge on any atom is -0.488 e. The Morgan fingerprint density at radius 2 is 1.83 bits per heavy atom. The number of ether oxygens (including phenoxy) is 2. The van der Waals surface area contributed by atoms with Gasteiger partial charge in [0.2, 0.25) is 5.90 Å². The molecular weight excluding hydrogens is 454 g/mol. The van der Waals surface area contributed by atoms with Crippen LogP contribution in [0.5, 0.6) is 5.75 Å². The quantitative estimate of drug-likeness (QED) is 0.339. The van der Waals surface area contributed by atoms with E-state index in [4.69, 9.17) is 21.1 Å². The first-order chi connectivity index (χ1) is 14.1. The van der Waals surface area contributed by atoms with Crippen molar-refractivity contribution in [1.82, 2.24) is 0 Å². The van der Waals surface area contributed by atoms with Crippen molar-refractivity contribution >= 4 is 45.5 Å². The predicted octanol–water partition coefficient (Wildman–Crippen LogP) is 6.03. The van der Waals surface area contributed by atoms with Crippen LogP contribution < -0.4 is 4.74 Å². The van der Waals surface area contributed by atoms with E-state index in [9.17, 15) is 4.79 Å². The number of esters is 1. The third-order valence-corrected chi connectivity index (χ3v) is 5.11. The summed E-state index contributed by atoms with van der Waals surface area (Å²) in [7, 11) is 0. The number of carbonyl (C=O) groups excluding carboxylic acids is 1. The van der Waals surface area contributed by atoms with Crippen molar-refractivity contribution in [2.75, 3.05) is 0 Å². The fourth-order valence-corrected chi connectivity index (χ4v) is 3.39. The van der Waals surface area contributed by atoms with Crippen molar-refractivity contribution in [3.63, 3.8) is 0 Å². The summed E-state index contributed by atoms with van der Waals surface area (Å²) in [6, 6.07) is 22.4. The number of hydrogen-bond acceptors (Lipinski definition) is 4. The molecule has 0 N–H and O–H groups in total. The van der Waals surface area contributed by atoms with Gasteiger partial charge in [-0.25, -0.2) is 9.79 Å².